The summed E-state index contributed by atoms with van der Waals surface area (Å²) in [7, 11) is -2.99. The number of piperidine rings is 1. The number of amides is 1. The van der Waals surface area contributed by atoms with Crippen LogP contribution in [0.15, 0.2) is 0 Å². The summed E-state index contributed by atoms with van der Waals surface area (Å²) < 4.78 is 23.1. The van der Waals surface area contributed by atoms with Gasteiger partial charge in [0, 0.05) is 25.3 Å². The van der Waals surface area contributed by atoms with Crippen molar-refractivity contribution in [2.45, 2.75) is 63.8 Å². The molecule has 3 aliphatic rings. The summed E-state index contributed by atoms with van der Waals surface area (Å²) in [6.45, 7) is 0.884. The van der Waals surface area contributed by atoms with Crippen molar-refractivity contribution >= 4 is 15.7 Å². The zero-order valence-corrected chi connectivity index (χ0v) is 13.8. The van der Waals surface area contributed by atoms with Crippen LogP contribution < -0.4 is 0 Å². The highest BCUT2D eigenvalue weighted by Crippen LogP contribution is 2.50. The highest BCUT2D eigenvalue weighted by atomic mass is 32.2. The van der Waals surface area contributed by atoms with E-state index in [2.05, 4.69) is 4.90 Å². The molecule has 1 amide bonds. The molecule has 1 aliphatic heterocycles. The molecule has 2 saturated carbocycles. The zero-order valence-electron chi connectivity index (χ0n) is 13.0. The smallest absolute Gasteiger partial charge is 0.223 e. The van der Waals surface area contributed by atoms with Crippen LogP contribution in [0.25, 0.3) is 0 Å². The van der Waals surface area contributed by atoms with Crippen molar-refractivity contribution in [3.63, 3.8) is 0 Å². The van der Waals surface area contributed by atoms with Gasteiger partial charge < -0.3 is 4.90 Å². The molecule has 5 heteroatoms. The maximum Gasteiger partial charge on any atom is 0.223 e. The molecule has 2 atom stereocenters. The van der Waals surface area contributed by atoms with Crippen LogP contribution in [0.5, 0.6) is 0 Å². The molecule has 3 fully saturated rings. The molecule has 1 saturated heterocycles. The van der Waals surface area contributed by atoms with Crippen LogP contribution >= 0.6 is 0 Å². The van der Waals surface area contributed by atoms with Gasteiger partial charge >= 0.3 is 0 Å². The lowest BCUT2D eigenvalue weighted by Crippen LogP contribution is -2.50. The van der Waals surface area contributed by atoms with Gasteiger partial charge in [0.25, 0.3) is 0 Å². The Bertz CT molecular complexity index is 508. The van der Waals surface area contributed by atoms with Crippen molar-refractivity contribution in [2.24, 2.45) is 11.3 Å². The standard InChI is InChI=1S/C16H27NO3S/c1-21(19,20)12-16(8-9-16)11-15(18)17-10-4-6-13-5-2-3-7-14(13)17/h13-14H,2-12H2,1H3/t13-,14-/m1/s1. The maximum atomic E-state index is 12.7. The second-order valence-electron chi connectivity index (χ2n) is 7.59. The van der Waals surface area contributed by atoms with Crippen molar-refractivity contribution in [1.82, 2.24) is 4.90 Å². The normalized spacial score (nSPS) is 31.6. The SMILES string of the molecule is CS(=O)(=O)CC1(CC(=O)N2CCC[C@H]3CCCC[C@H]32)CC1. The van der Waals surface area contributed by atoms with Gasteiger partial charge in [-0.15, -0.1) is 0 Å². The monoisotopic (exact) mass is 313 g/mol. The van der Waals surface area contributed by atoms with Crippen molar-refractivity contribution in [3.8, 4) is 0 Å². The first-order valence-corrected chi connectivity index (χ1v) is 10.4. The van der Waals surface area contributed by atoms with E-state index in [1.54, 1.807) is 0 Å². The molecule has 0 N–H and O–H groups in total. The average Bonchev–Trinajstić information content (AvgIpc) is 3.14. The highest BCUT2D eigenvalue weighted by Gasteiger charge is 2.48. The molecule has 0 aromatic heterocycles. The Kier molecular flexibility index (Phi) is 4.06. The van der Waals surface area contributed by atoms with E-state index in [0.29, 0.717) is 18.4 Å². The lowest BCUT2D eigenvalue weighted by atomic mass is 9.78. The number of likely N-dealkylation sites (tertiary alicyclic amines) is 1. The van der Waals surface area contributed by atoms with E-state index in [9.17, 15) is 13.2 Å². The summed E-state index contributed by atoms with van der Waals surface area (Å²) in [6.07, 6.45) is 10.9. The molecule has 2 aliphatic carbocycles. The highest BCUT2D eigenvalue weighted by molar-refractivity contribution is 7.90. The van der Waals surface area contributed by atoms with Crippen molar-refractivity contribution in [3.05, 3.63) is 0 Å². The van der Waals surface area contributed by atoms with Crippen molar-refractivity contribution in [1.29, 1.82) is 0 Å². The number of rotatable bonds is 4. The Morgan fingerprint density at radius 2 is 1.81 bits per heavy atom. The van der Waals surface area contributed by atoms with Gasteiger partial charge in [0.2, 0.25) is 5.91 Å². The van der Waals surface area contributed by atoms with E-state index in [4.69, 9.17) is 0 Å². The molecule has 0 spiro atoms. The van der Waals surface area contributed by atoms with Gasteiger partial charge in [0.1, 0.15) is 9.84 Å². The van der Waals surface area contributed by atoms with Crippen LogP contribution in [-0.4, -0.2) is 43.8 Å². The van der Waals surface area contributed by atoms with Gasteiger partial charge in [-0.25, -0.2) is 8.42 Å². The van der Waals surface area contributed by atoms with Crippen LogP contribution in [0.2, 0.25) is 0 Å². The van der Waals surface area contributed by atoms with E-state index in [0.717, 1.165) is 32.2 Å². The number of carbonyl (C=O) groups excluding carboxylic acids is 1. The van der Waals surface area contributed by atoms with E-state index in [-0.39, 0.29) is 17.1 Å². The fraction of sp³-hybridized carbons (Fsp3) is 0.938. The van der Waals surface area contributed by atoms with Gasteiger partial charge in [-0.3, -0.25) is 4.79 Å². The Morgan fingerprint density at radius 1 is 1.14 bits per heavy atom. The third kappa shape index (κ3) is 3.61. The van der Waals surface area contributed by atoms with Gasteiger partial charge in [0.15, 0.2) is 0 Å². The third-order valence-corrected chi connectivity index (χ3v) is 6.75. The molecule has 1 heterocycles. The summed E-state index contributed by atoms with van der Waals surface area (Å²) in [4.78, 5) is 14.8. The number of sulfone groups is 1. The maximum absolute atomic E-state index is 12.7. The molecule has 120 valence electrons. The second-order valence-corrected chi connectivity index (χ2v) is 9.73. The summed E-state index contributed by atoms with van der Waals surface area (Å²) in [5.74, 6) is 1.10. The third-order valence-electron chi connectivity index (χ3n) is 5.62. The van der Waals surface area contributed by atoms with Crippen LogP contribution in [0, 0.1) is 11.3 Å². The largest absolute Gasteiger partial charge is 0.339 e. The van der Waals surface area contributed by atoms with Crippen LogP contribution in [0.1, 0.15) is 57.8 Å². The fourth-order valence-electron chi connectivity index (χ4n) is 4.46. The molecule has 0 bridgehead atoms. The predicted octanol–water partition coefficient (Wildman–Crippen LogP) is 2.38. The van der Waals surface area contributed by atoms with Crippen LogP contribution in [0.3, 0.4) is 0 Å². The van der Waals surface area contributed by atoms with Crippen LogP contribution in [0.4, 0.5) is 0 Å². The van der Waals surface area contributed by atoms with E-state index < -0.39 is 9.84 Å². The lowest BCUT2D eigenvalue weighted by Gasteiger charge is -2.44. The Hall–Kier alpha value is -0.580. The quantitative estimate of drug-likeness (QED) is 0.801. The number of hydrogen-bond donors (Lipinski definition) is 0. The van der Waals surface area contributed by atoms with Crippen molar-refractivity contribution in [2.75, 3.05) is 18.6 Å². The number of hydrogen-bond acceptors (Lipinski definition) is 3. The first kappa shape index (κ1) is 15.3. The van der Waals surface area contributed by atoms with E-state index in [1.807, 2.05) is 0 Å². The summed E-state index contributed by atoms with van der Waals surface area (Å²) in [6, 6.07) is 0.439. The van der Waals surface area contributed by atoms with Crippen LogP contribution in [-0.2, 0) is 14.6 Å². The minimum atomic E-state index is -2.99. The Labute approximate surface area is 128 Å². The molecule has 0 aromatic carbocycles. The predicted molar refractivity (Wildman–Crippen MR) is 82.7 cm³/mol. The van der Waals surface area contributed by atoms with E-state index in [1.165, 1.54) is 31.9 Å². The molecular weight excluding hydrogens is 286 g/mol. The van der Waals surface area contributed by atoms with E-state index >= 15 is 0 Å². The van der Waals surface area contributed by atoms with Gasteiger partial charge in [0.05, 0.1) is 5.75 Å². The first-order chi connectivity index (χ1) is 9.89. The molecule has 0 aromatic rings. The Morgan fingerprint density at radius 3 is 2.48 bits per heavy atom. The van der Waals surface area contributed by atoms with Gasteiger partial charge in [-0.05, 0) is 49.9 Å². The molecule has 4 nitrogen and oxygen atoms in total. The van der Waals surface area contributed by atoms with Gasteiger partial charge in [-0.2, -0.15) is 0 Å². The molecular formula is C16H27NO3S. The number of fused-ring (bicyclic) bond motifs is 1. The fourth-order valence-corrected chi connectivity index (χ4v) is 5.96. The molecule has 0 radical (unpaired) electrons. The molecule has 0 unspecified atom stereocenters. The Balaban J connectivity index is 1.64. The van der Waals surface area contributed by atoms with Crippen molar-refractivity contribution < 1.29 is 13.2 Å². The minimum absolute atomic E-state index is 0.188. The summed E-state index contributed by atoms with van der Waals surface area (Å²) >= 11 is 0. The number of carbonyl (C=O) groups is 1. The zero-order chi connectivity index (χ0) is 15.1. The second kappa shape index (κ2) is 5.56. The summed E-state index contributed by atoms with van der Waals surface area (Å²) in [5.41, 5.74) is -0.230. The minimum Gasteiger partial charge on any atom is -0.339 e. The topological polar surface area (TPSA) is 54.5 Å². The van der Waals surface area contributed by atoms with Gasteiger partial charge in [-0.1, -0.05) is 12.8 Å². The number of nitrogens with zero attached hydrogens (tertiary/aromatic N) is 1. The first-order valence-electron chi connectivity index (χ1n) is 8.36. The summed E-state index contributed by atoms with van der Waals surface area (Å²) in [5, 5.41) is 0. The average molecular weight is 313 g/mol. The lowest BCUT2D eigenvalue weighted by molar-refractivity contribution is -0.138. The molecule has 21 heavy (non-hydrogen) atoms. The molecule has 3 rings (SSSR count).